The maximum absolute atomic E-state index is 11.0. The van der Waals surface area contributed by atoms with Gasteiger partial charge in [0.2, 0.25) is 0 Å². The van der Waals surface area contributed by atoms with Gasteiger partial charge in [-0.05, 0) is 18.3 Å². The first-order chi connectivity index (χ1) is 5.22. The second-order valence-electron chi connectivity index (χ2n) is 3.75. The van der Waals surface area contributed by atoms with Gasteiger partial charge in [0.25, 0.3) is 0 Å². The van der Waals surface area contributed by atoms with E-state index in [0.29, 0.717) is 11.2 Å². The van der Waals surface area contributed by atoms with Gasteiger partial charge in [-0.25, -0.2) is 0 Å². The highest BCUT2D eigenvalue weighted by Gasteiger charge is 2.30. The minimum Gasteiger partial charge on any atom is -0.300 e. The van der Waals surface area contributed by atoms with Crippen LogP contribution in [0.4, 0.5) is 0 Å². The van der Waals surface area contributed by atoms with E-state index >= 15 is 0 Å². The van der Waals surface area contributed by atoms with Crippen molar-refractivity contribution in [3.05, 3.63) is 0 Å². The molecule has 0 aromatic carbocycles. The summed E-state index contributed by atoms with van der Waals surface area (Å²) < 4.78 is 0. The van der Waals surface area contributed by atoms with Crippen LogP contribution in [-0.2, 0) is 4.79 Å². The minimum atomic E-state index is 0.475. The summed E-state index contributed by atoms with van der Waals surface area (Å²) in [5.74, 6) is 0.475. The van der Waals surface area contributed by atoms with Gasteiger partial charge in [-0.3, -0.25) is 4.79 Å². The van der Waals surface area contributed by atoms with Crippen LogP contribution in [0.3, 0.4) is 0 Å². The van der Waals surface area contributed by atoms with Crippen molar-refractivity contribution in [3.63, 3.8) is 0 Å². The quantitative estimate of drug-likeness (QED) is 0.597. The lowest BCUT2D eigenvalue weighted by molar-refractivity contribution is -0.122. The van der Waals surface area contributed by atoms with Crippen LogP contribution in [0.25, 0.3) is 0 Å². The Morgan fingerprint density at radius 2 is 1.64 bits per heavy atom. The van der Waals surface area contributed by atoms with Crippen LogP contribution in [0.15, 0.2) is 0 Å². The maximum atomic E-state index is 11.0. The number of carbonyl (C=O) groups is 1. The number of hydrogen-bond acceptors (Lipinski definition) is 1. The van der Waals surface area contributed by atoms with Crippen LogP contribution in [-0.4, -0.2) is 5.78 Å². The first-order valence-electron chi connectivity index (χ1n) is 4.74. The smallest absolute Gasteiger partial charge is 0.132 e. The maximum Gasteiger partial charge on any atom is 0.132 e. The van der Waals surface area contributed by atoms with E-state index in [-0.39, 0.29) is 0 Å². The van der Waals surface area contributed by atoms with Gasteiger partial charge in [-0.15, -0.1) is 0 Å². The Bertz CT molecular complexity index is 133. The van der Waals surface area contributed by atoms with Crippen molar-refractivity contribution >= 4 is 5.78 Å². The van der Waals surface area contributed by atoms with Crippen molar-refractivity contribution in [1.29, 1.82) is 0 Å². The van der Waals surface area contributed by atoms with E-state index < -0.39 is 0 Å². The third-order valence-corrected chi connectivity index (χ3v) is 3.37. The van der Waals surface area contributed by atoms with Gasteiger partial charge in [0, 0.05) is 12.8 Å². The second-order valence-corrected chi connectivity index (χ2v) is 3.75. The molecule has 11 heavy (non-hydrogen) atoms. The van der Waals surface area contributed by atoms with Gasteiger partial charge in [0.1, 0.15) is 5.78 Å². The topological polar surface area (TPSA) is 17.1 Å². The normalized spacial score (nSPS) is 23.6. The largest absolute Gasteiger partial charge is 0.300 e. The lowest BCUT2D eigenvalue weighted by atomic mass is 9.70. The molecule has 0 aliphatic heterocycles. The summed E-state index contributed by atoms with van der Waals surface area (Å²) in [6.07, 6.45) is 6.44. The summed E-state index contributed by atoms with van der Waals surface area (Å²) in [5.41, 5.74) is 0.522. The van der Waals surface area contributed by atoms with Crippen molar-refractivity contribution in [2.45, 2.75) is 52.4 Å². The minimum absolute atomic E-state index is 0.475. The predicted octanol–water partition coefficient (Wildman–Crippen LogP) is 2.94. The second kappa shape index (κ2) is 3.38. The lowest BCUT2D eigenvalue weighted by Crippen LogP contribution is -2.26. The Balaban J connectivity index is 2.52. The Kier molecular flexibility index (Phi) is 2.69. The molecule has 0 unspecified atom stereocenters. The summed E-state index contributed by atoms with van der Waals surface area (Å²) in [7, 11) is 0. The van der Waals surface area contributed by atoms with Gasteiger partial charge in [0.15, 0.2) is 0 Å². The molecule has 0 amide bonds. The fraction of sp³-hybridized carbons (Fsp3) is 0.900. The molecule has 0 aromatic rings. The molecule has 0 radical (unpaired) electrons. The summed E-state index contributed by atoms with van der Waals surface area (Å²) >= 11 is 0. The van der Waals surface area contributed by atoms with Gasteiger partial charge >= 0.3 is 0 Å². The summed E-state index contributed by atoms with van der Waals surface area (Å²) in [4.78, 5) is 11.0. The number of ketones is 1. The molecule has 1 aliphatic carbocycles. The Morgan fingerprint density at radius 3 is 2.00 bits per heavy atom. The molecule has 0 heterocycles. The molecule has 1 fully saturated rings. The van der Waals surface area contributed by atoms with Crippen LogP contribution in [0, 0.1) is 5.41 Å². The lowest BCUT2D eigenvalue weighted by Gasteiger charge is -2.34. The standard InChI is InChI=1S/C10H18O/c1-3-10(4-2)7-5-9(11)6-8-10/h3-8H2,1-2H3. The van der Waals surface area contributed by atoms with Crippen LogP contribution in [0.5, 0.6) is 0 Å². The monoisotopic (exact) mass is 154 g/mol. The first-order valence-corrected chi connectivity index (χ1v) is 4.74. The highest BCUT2D eigenvalue weighted by Crippen LogP contribution is 2.40. The Morgan fingerprint density at radius 1 is 1.18 bits per heavy atom. The number of Topliss-reactive ketones (excluding diaryl/α,β-unsaturated/α-hetero) is 1. The number of rotatable bonds is 2. The molecule has 1 rings (SSSR count). The molecule has 1 saturated carbocycles. The third-order valence-electron chi connectivity index (χ3n) is 3.37. The van der Waals surface area contributed by atoms with Gasteiger partial charge in [-0.2, -0.15) is 0 Å². The third kappa shape index (κ3) is 1.82. The van der Waals surface area contributed by atoms with E-state index in [1.807, 2.05) is 0 Å². The molecular weight excluding hydrogens is 136 g/mol. The van der Waals surface area contributed by atoms with E-state index in [2.05, 4.69) is 13.8 Å². The van der Waals surface area contributed by atoms with Crippen LogP contribution >= 0.6 is 0 Å². The van der Waals surface area contributed by atoms with Crippen molar-refractivity contribution < 1.29 is 4.79 Å². The molecule has 0 N–H and O–H groups in total. The van der Waals surface area contributed by atoms with Gasteiger partial charge in [0.05, 0.1) is 0 Å². The zero-order valence-corrected chi connectivity index (χ0v) is 7.65. The van der Waals surface area contributed by atoms with Crippen molar-refractivity contribution in [3.8, 4) is 0 Å². The zero-order chi connectivity index (χ0) is 8.32. The SMILES string of the molecule is CCC1(CC)CCC(=O)CC1. The number of carbonyl (C=O) groups excluding carboxylic acids is 1. The zero-order valence-electron chi connectivity index (χ0n) is 7.65. The van der Waals surface area contributed by atoms with Gasteiger partial charge in [-0.1, -0.05) is 26.7 Å². The average Bonchev–Trinajstić information content (AvgIpc) is 2.07. The van der Waals surface area contributed by atoms with Gasteiger partial charge < -0.3 is 0 Å². The van der Waals surface area contributed by atoms with Crippen LogP contribution in [0.2, 0.25) is 0 Å². The molecule has 0 atom stereocenters. The summed E-state index contributed by atoms with van der Waals surface area (Å²) in [6.45, 7) is 4.50. The molecule has 0 aromatic heterocycles. The van der Waals surface area contributed by atoms with E-state index in [1.165, 1.54) is 12.8 Å². The fourth-order valence-corrected chi connectivity index (χ4v) is 2.02. The first kappa shape index (κ1) is 8.76. The molecule has 1 nitrogen and oxygen atoms in total. The summed E-state index contributed by atoms with van der Waals surface area (Å²) in [5, 5.41) is 0. The van der Waals surface area contributed by atoms with E-state index in [9.17, 15) is 4.79 Å². The number of hydrogen-bond donors (Lipinski definition) is 0. The molecular formula is C10H18O. The molecule has 0 spiro atoms. The highest BCUT2D eigenvalue weighted by molar-refractivity contribution is 5.79. The van der Waals surface area contributed by atoms with Crippen molar-refractivity contribution in [2.24, 2.45) is 5.41 Å². The Labute approximate surface area is 69.2 Å². The van der Waals surface area contributed by atoms with Crippen molar-refractivity contribution in [1.82, 2.24) is 0 Å². The molecule has 64 valence electrons. The van der Waals surface area contributed by atoms with E-state index in [1.54, 1.807) is 0 Å². The van der Waals surface area contributed by atoms with E-state index in [0.717, 1.165) is 25.7 Å². The highest BCUT2D eigenvalue weighted by atomic mass is 16.1. The van der Waals surface area contributed by atoms with Crippen LogP contribution < -0.4 is 0 Å². The molecule has 1 heteroatoms. The van der Waals surface area contributed by atoms with Crippen molar-refractivity contribution in [2.75, 3.05) is 0 Å². The molecule has 1 aliphatic rings. The fourth-order valence-electron chi connectivity index (χ4n) is 2.02. The summed E-state index contributed by atoms with van der Waals surface area (Å²) in [6, 6.07) is 0. The molecule has 0 saturated heterocycles. The van der Waals surface area contributed by atoms with Crippen LogP contribution in [0.1, 0.15) is 52.4 Å². The predicted molar refractivity (Wildman–Crippen MR) is 46.5 cm³/mol. The molecule has 0 bridgehead atoms. The van der Waals surface area contributed by atoms with E-state index in [4.69, 9.17) is 0 Å². The Hall–Kier alpha value is -0.330. The average molecular weight is 154 g/mol.